The van der Waals surface area contributed by atoms with Crippen molar-refractivity contribution in [1.29, 1.82) is 0 Å². The van der Waals surface area contributed by atoms with Gasteiger partial charge in [0.15, 0.2) is 40.5 Å². The molecule has 0 atom stereocenters. The molecule has 0 aliphatic heterocycles. The van der Waals surface area contributed by atoms with Crippen molar-refractivity contribution in [2.45, 2.75) is 13.3 Å². The van der Waals surface area contributed by atoms with E-state index in [0.29, 0.717) is 6.42 Å². The number of rotatable bonds is 7. The van der Waals surface area contributed by atoms with Crippen LogP contribution < -0.4 is 15.4 Å². The van der Waals surface area contributed by atoms with Gasteiger partial charge in [0.1, 0.15) is 11.4 Å². The predicted molar refractivity (Wildman–Crippen MR) is 123 cm³/mol. The third-order valence-corrected chi connectivity index (χ3v) is 4.87. The maximum Gasteiger partial charge on any atom is 0.278 e. The molecule has 0 fully saturated rings. The first kappa shape index (κ1) is 20.7. The fourth-order valence-electron chi connectivity index (χ4n) is 3.14. The van der Waals surface area contributed by atoms with Gasteiger partial charge >= 0.3 is 0 Å². The number of ether oxygens (including phenoxy) is 1. The second-order valence-corrected chi connectivity index (χ2v) is 7.30. The van der Waals surface area contributed by atoms with Gasteiger partial charge in [-0.05, 0) is 36.4 Å². The quantitative estimate of drug-likeness (QED) is 0.366. The summed E-state index contributed by atoms with van der Waals surface area (Å²) in [5.41, 5.74) is -0.359. The van der Waals surface area contributed by atoms with Crippen LogP contribution in [0.2, 0.25) is 0 Å². The molecule has 184 valence electrons. The maximum atomic E-state index is 14.8. The predicted octanol–water partition coefficient (Wildman–Crippen LogP) is 5.12. The molecule has 2 aromatic carbocycles. The summed E-state index contributed by atoms with van der Waals surface area (Å²) in [7, 11) is 0. The first-order valence-electron chi connectivity index (χ1n) is 12.0. The minimum Gasteiger partial charge on any atom is -0.454 e. The van der Waals surface area contributed by atoms with Crippen LogP contribution in [-0.2, 0) is 6.42 Å². The highest BCUT2D eigenvalue weighted by molar-refractivity contribution is 6.06. The molecular weight excluding hydrogens is 477 g/mol. The number of hydrogen-bond acceptors (Lipinski definition) is 6. The summed E-state index contributed by atoms with van der Waals surface area (Å²) in [6.07, 6.45) is 1.50. The fourth-order valence-corrected chi connectivity index (χ4v) is 3.14. The summed E-state index contributed by atoms with van der Waals surface area (Å²) in [6.45, 7) is -0.996. The highest BCUT2D eigenvalue weighted by Crippen LogP contribution is 2.30. The van der Waals surface area contributed by atoms with E-state index < -0.39 is 36.2 Å². The normalized spacial score (nSPS) is 12.3. The summed E-state index contributed by atoms with van der Waals surface area (Å²) >= 11 is 0. The van der Waals surface area contributed by atoms with Gasteiger partial charge in [-0.3, -0.25) is 14.6 Å². The Kier molecular flexibility index (Phi) is 5.92. The van der Waals surface area contributed by atoms with E-state index in [9.17, 15) is 22.8 Å². The van der Waals surface area contributed by atoms with Crippen molar-refractivity contribution in [2.24, 2.45) is 0 Å². The van der Waals surface area contributed by atoms with E-state index in [-0.39, 0.29) is 45.8 Å². The Balaban J connectivity index is 1.52. The molecule has 4 rings (SSSR count). The maximum absolute atomic E-state index is 14.8. The van der Waals surface area contributed by atoms with Gasteiger partial charge in [0.2, 0.25) is 0 Å². The minimum absolute atomic E-state index is 0.00208. The zero-order valence-corrected chi connectivity index (χ0v) is 18.6. The van der Waals surface area contributed by atoms with E-state index in [2.05, 4.69) is 15.3 Å². The largest absolute Gasteiger partial charge is 0.454 e. The van der Waals surface area contributed by atoms with Gasteiger partial charge in [-0.2, -0.15) is 0 Å². The molecule has 0 spiro atoms. The number of pyridine rings is 1. The van der Waals surface area contributed by atoms with Gasteiger partial charge in [0.05, 0.1) is 0 Å². The molecule has 2 N–H and O–H groups in total. The van der Waals surface area contributed by atoms with Crippen LogP contribution >= 0.6 is 0 Å². The SMILES string of the molecule is [2H]C([2H])([2H])NC(=O)c1cc(Oc2ccc(NC(=O)c3nc(CC)oc3-c3ccc(F)c(F)c3)cc2F)ccn1. The van der Waals surface area contributed by atoms with E-state index in [1.165, 1.54) is 30.5 Å². The highest BCUT2D eigenvalue weighted by Gasteiger charge is 2.22. The molecule has 0 saturated carbocycles. The summed E-state index contributed by atoms with van der Waals surface area (Å²) in [5, 5.41) is 4.25. The van der Waals surface area contributed by atoms with Crippen LogP contribution in [-0.4, -0.2) is 28.8 Å². The van der Waals surface area contributed by atoms with Gasteiger partial charge in [-0.25, -0.2) is 18.2 Å². The Morgan fingerprint density at radius 3 is 2.58 bits per heavy atom. The molecule has 0 unspecified atom stereocenters. The van der Waals surface area contributed by atoms with Crippen molar-refractivity contribution in [3.05, 3.63) is 89.5 Å². The van der Waals surface area contributed by atoms with Crippen LogP contribution in [0.15, 0.2) is 59.1 Å². The van der Waals surface area contributed by atoms with E-state index >= 15 is 0 Å². The molecule has 0 saturated heterocycles. The smallest absolute Gasteiger partial charge is 0.278 e. The zero-order valence-electron chi connectivity index (χ0n) is 21.6. The summed E-state index contributed by atoms with van der Waals surface area (Å²) in [4.78, 5) is 32.8. The van der Waals surface area contributed by atoms with Crippen molar-refractivity contribution in [3.8, 4) is 22.8 Å². The van der Waals surface area contributed by atoms with E-state index in [1.807, 2.05) is 0 Å². The van der Waals surface area contributed by atoms with Crippen molar-refractivity contribution < 1.29 is 36.0 Å². The van der Waals surface area contributed by atoms with E-state index in [1.54, 1.807) is 12.2 Å². The van der Waals surface area contributed by atoms with Gasteiger partial charge in [0, 0.05) is 47.1 Å². The average molecular weight is 499 g/mol. The van der Waals surface area contributed by atoms with Crippen molar-refractivity contribution in [1.82, 2.24) is 15.3 Å². The monoisotopic (exact) mass is 499 g/mol. The topological polar surface area (TPSA) is 106 Å². The number of benzene rings is 2. The number of amides is 2. The molecule has 36 heavy (non-hydrogen) atoms. The number of nitrogens with zero attached hydrogens (tertiary/aromatic N) is 2. The molecule has 2 amide bonds. The van der Waals surface area contributed by atoms with Gasteiger partial charge in [-0.1, -0.05) is 6.92 Å². The lowest BCUT2D eigenvalue weighted by atomic mass is 10.1. The van der Waals surface area contributed by atoms with Crippen LogP contribution in [0.3, 0.4) is 0 Å². The summed E-state index contributed by atoms with van der Waals surface area (Å²) in [6, 6.07) is 8.97. The van der Waals surface area contributed by atoms with Gasteiger partial charge in [-0.15, -0.1) is 0 Å². The number of carbonyl (C=O) groups excluding carboxylic acids is 2. The summed E-state index contributed by atoms with van der Waals surface area (Å²) < 4.78 is 74.2. The number of carbonyl (C=O) groups is 2. The van der Waals surface area contributed by atoms with Crippen molar-refractivity contribution >= 4 is 17.5 Å². The number of nitrogens with one attached hydrogen (secondary N) is 2. The Morgan fingerprint density at radius 2 is 1.86 bits per heavy atom. The lowest BCUT2D eigenvalue weighted by Gasteiger charge is -2.10. The van der Waals surface area contributed by atoms with E-state index in [0.717, 1.165) is 24.3 Å². The molecule has 4 aromatic rings. The van der Waals surface area contributed by atoms with Crippen LogP contribution in [0.1, 0.15) is 37.9 Å². The highest BCUT2D eigenvalue weighted by atomic mass is 19.2. The second kappa shape index (κ2) is 10.3. The molecule has 2 heterocycles. The molecule has 2 aromatic heterocycles. The second-order valence-electron chi connectivity index (χ2n) is 7.30. The number of anilines is 1. The third-order valence-electron chi connectivity index (χ3n) is 4.87. The lowest BCUT2D eigenvalue weighted by molar-refractivity contribution is 0.0957. The fraction of sp³-hybridized carbons (Fsp3) is 0.120. The Morgan fingerprint density at radius 1 is 1.03 bits per heavy atom. The molecule has 11 heteroatoms. The lowest BCUT2D eigenvalue weighted by Crippen LogP contribution is -2.18. The van der Waals surface area contributed by atoms with Crippen molar-refractivity contribution in [3.63, 3.8) is 0 Å². The number of hydrogen-bond donors (Lipinski definition) is 2. The number of halogens is 3. The van der Waals surface area contributed by atoms with Gasteiger partial charge < -0.3 is 19.8 Å². The third kappa shape index (κ3) is 5.19. The standard InChI is InChI=1S/C25H19F3N4O4/c1-3-21-32-22(23(36-21)13-4-6-16(26)17(27)10-13)25(34)31-14-5-7-20(18(28)11-14)35-15-8-9-30-19(12-15)24(33)29-2/h4-12H,3H2,1-2H3,(H,29,33)(H,31,34)/i2D3. The van der Waals surface area contributed by atoms with Crippen LogP contribution in [0.4, 0.5) is 18.9 Å². The Bertz CT molecular complexity index is 1560. The zero-order chi connectivity index (χ0) is 28.3. The van der Waals surface area contributed by atoms with Crippen LogP contribution in [0, 0.1) is 17.5 Å². The minimum atomic E-state index is -2.72. The Hall–Kier alpha value is -4.67. The van der Waals surface area contributed by atoms with Crippen LogP contribution in [0.5, 0.6) is 11.5 Å². The number of aryl methyl sites for hydroxylation is 1. The Labute approximate surface area is 207 Å². The molecule has 0 bridgehead atoms. The van der Waals surface area contributed by atoms with Gasteiger partial charge in [0.25, 0.3) is 11.8 Å². The van der Waals surface area contributed by atoms with E-state index in [4.69, 9.17) is 13.3 Å². The number of aromatic nitrogens is 2. The van der Waals surface area contributed by atoms with Crippen molar-refractivity contribution in [2.75, 3.05) is 12.3 Å². The van der Waals surface area contributed by atoms with Crippen LogP contribution in [0.25, 0.3) is 11.3 Å². The summed E-state index contributed by atoms with van der Waals surface area (Å²) in [5.74, 6) is -5.01. The molecule has 0 aliphatic rings. The first-order valence-corrected chi connectivity index (χ1v) is 10.5. The number of oxazole rings is 1. The first-order chi connectivity index (χ1) is 18.4. The molecule has 8 nitrogen and oxygen atoms in total. The molecular formula is C25H19F3N4O4. The average Bonchev–Trinajstić information content (AvgIpc) is 3.31. The molecule has 0 aliphatic carbocycles. The molecule has 0 radical (unpaired) electrons.